The second kappa shape index (κ2) is 7.83. The van der Waals surface area contributed by atoms with Crippen LogP contribution in [-0.4, -0.2) is 47.2 Å². The van der Waals surface area contributed by atoms with Crippen LogP contribution >= 0.6 is 11.8 Å². The summed E-state index contributed by atoms with van der Waals surface area (Å²) < 4.78 is 4.98. The van der Waals surface area contributed by atoms with E-state index in [2.05, 4.69) is 0 Å². The van der Waals surface area contributed by atoms with Crippen molar-refractivity contribution in [3.05, 3.63) is 59.7 Å². The normalized spacial score (nSPS) is 13.6. The Balaban J connectivity index is 2.15. The van der Waals surface area contributed by atoms with Gasteiger partial charge in [-0.25, -0.2) is 9.59 Å². The Kier molecular flexibility index (Phi) is 5.52. The molecule has 1 aliphatic rings. The van der Waals surface area contributed by atoms with Gasteiger partial charge in [0, 0.05) is 0 Å². The third kappa shape index (κ3) is 3.17. The van der Waals surface area contributed by atoms with Crippen LogP contribution in [0.4, 0.5) is 4.79 Å². The van der Waals surface area contributed by atoms with Gasteiger partial charge < -0.3 is 9.84 Å². The molecule has 0 unspecified atom stereocenters. The number of rotatable bonds is 6. The molecule has 2 aromatic carbocycles. The molecule has 0 aliphatic heterocycles. The zero-order chi connectivity index (χ0) is 18.7. The third-order valence-electron chi connectivity index (χ3n) is 4.68. The quantitative estimate of drug-likeness (QED) is 0.830. The summed E-state index contributed by atoms with van der Waals surface area (Å²) >= 11 is 1.56. The summed E-state index contributed by atoms with van der Waals surface area (Å²) in [5.74, 6) is -0.383. The zero-order valence-electron chi connectivity index (χ0n) is 14.7. The Morgan fingerprint density at radius 1 is 1.12 bits per heavy atom. The summed E-state index contributed by atoms with van der Waals surface area (Å²) in [5.41, 5.74) is 3.90. The molecular formula is C20H21NO4S. The number of carbonyl (C=O) groups is 2. The lowest BCUT2D eigenvalue weighted by atomic mass is 10.0. The van der Waals surface area contributed by atoms with Crippen LogP contribution in [0.15, 0.2) is 48.5 Å². The van der Waals surface area contributed by atoms with Gasteiger partial charge in [-0.15, -0.1) is 0 Å². The molecule has 0 spiro atoms. The Hall–Kier alpha value is -2.47. The molecule has 6 heteroatoms. The summed E-state index contributed by atoms with van der Waals surface area (Å²) in [7, 11) is 1.29. The van der Waals surface area contributed by atoms with Crippen LogP contribution in [0.25, 0.3) is 11.1 Å². The highest BCUT2D eigenvalue weighted by molar-refractivity contribution is 7.98. The minimum absolute atomic E-state index is 0.354. The molecule has 3 rings (SSSR count). The number of amides is 1. The molecule has 5 nitrogen and oxygen atoms in total. The second-order valence-corrected chi connectivity index (χ2v) is 7.08. The average Bonchev–Trinajstić information content (AvgIpc) is 2.99. The molecule has 0 saturated heterocycles. The Bertz CT molecular complexity index is 777. The average molecular weight is 371 g/mol. The fourth-order valence-electron chi connectivity index (χ4n) is 3.56. The van der Waals surface area contributed by atoms with E-state index in [-0.39, 0.29) is 0 Å². The smallest absolute Gasteiger partial charge is 0.411 e. The van der Waals surface area contributed by atoms with Gasteiger partial charge in [0.05, 0.1) is 13.2 Å². The summed E-state index contributed by atoms with van der Waals surface area (Å²) in [6.07, 6.45) is 1.64. The Morgan fingerprint density at radius 3 is 2.12 bits per heavy atom. The molecular weight excluding hydrogens is 350 g/mol. The van der Waals surface area contributed by atoms with Crippen LogP contribution < -0.4 is 0 Å². The van der Waals surface area contributed by atoms with E-state index in [4.69, 9.17) is 4.74 Å². The number of benzene rings is 2. The minimum atomic E-state index is -1.02. The molecule has 1 atom stereocenters. The van der Waals surface area contributed by atoms with E-state index >= 15 is 0 Å². The number of carboxylic acids is 1. The van der Waals surface area contributed by atoms with Crippen LogP contribution in [0.2, 0.25) is 0 Å². The van der Waals surface area contributed by atoms with Gasteiger partial charge in [0.2, 0.25) is 0 Å². The van der Waals surface area contributed by atoms with E-state index in [1.807, 2.05) is 54.8 Å². The second-order valence-electron chi connectivity index (χ2n) is 6.09. The van der Waals surface area contributed by atoms with Crippen LogP contribution in [0.3, 0.4) is 0 Å². The number of carboxylic acid groups (broad SMARTS) is 1. The highest BCUT2D eigenvalue weighted by atomic mass is 32.2. The molecule has 0 bridgehead atoms. The van der Waals surface area contributed by atoms with E-state index < -0.39 is 24.1 Å². The van der Waals surface area contributed by atoms with Crippen molar-refractivity contribution in [2.45, 2.75) is 18.5 Å². The van der Waals surface area contributed by atoms with Gasteiger partial charge in [0.25, 0.3) is 0 Å². The lowest BCUT2D eigenvalue weighted by Crippen LogP contribution is -2.47. The van der Waals surface area contributed by atoms with Crippen molar-refractivity contribution in [2.75, 3.05) is 19.1 Å². The highest BCUT2D eigenvalue weighted by Gasteiger charge is 2.41. The SMILES string of the molecule is COC(=O)N(C1c2ccccc2-c2ccccc21)[C@@H](CCSC)C(=O)O. The number of hydrogen-bond donors (Lipinski definition) is 1. The monoisotopic (exact) mass is 371 g/mol. The van der Waals surface area contributed by atoms with Crippen LogP contribution in [0.1, 0.15) is 23.6 Å². The van der Waals surface area contributed by atoms with Gasteiger partial charge in [-0.05, 0) is 40.7 Å². The molecule has 0 radical (unpaired) electrons. The number of hydrogen-bond acceptors (Lipinski definition) is 4. The third-order valence-corrected chi connectivity index (χ3v) is 5.32. The summed E-state index contributed by atoms with van der Waals surface area (Å²) in [6, 6.07) is 14.2. The minimum Gasteiger partial charge on any atom is -0.480 e. The number of ether oxygens (including phenoxy) is 1. The van der Waals surface area contributed by atoms with Gasteiger partial charge in [-0.2, -0.15) is 11.8 Å². The number of aliphatic carboxylic acids is 1. The van der Waals surface area contributed by atoms with E-state index in [1.54, 1.807) is 11.8 Å². The van der Waals surface area contributed by atoms with Gasteiger partial charge in [-0.1, -0.05) is 48.5 Å². The predicted octanol–water partition coefficient (Wildman–Crippen LogP) is 4.03. The zero-order valence-corrected chi connectivity index (χ0v) is 15.5. The van der Waals surface area contributed by atoms with Gasteiger partial charge >= 0.3 is 12.1 Å². The lowest BCUT2D eigenvalue weighted by Gasteiger charge is -2.34. The van der Waals surface area contributed by atoms with E-state index in [0.717, 1.165) is 22.3 Å². The summed E-state index contributed by atoms with van der Waals surface area (Å²) in [4.78, 5) is 26.0. The van der Waals surface area contributed by atoms with Gasteiger partial charge in [0.15, 0.2) is 0 Å². The first-order valence-corrected chi connectivity index (χ1v) is 9.75. The maximum Gasteiger partial charge on any atom is 0.411 e. The van der Waals surface area contributed by atoms with E-state index in [1.165, 1.54) is 12.0 Å². The molecule has 0 fully saturated rings. The van der Waals surface area contributed by atoms with Crippen LogP contribution in [0, 0.1) is 0 Å². The first kappa shape index (κ1) is 18.3. The molecule has 0 aromatic heterocycles. The Labute approximate surface area is 157 Å². The first-order valence-electron chi connectivity index (χ1n) is 8.36. The van der Waals surface area contributed by atoms with Crippen molar-refractivity contribution >= 4 is 23.8 Å². The maximum absolute atomic E-state index is 12.7. The molecule has 0 saturated carbocycles. The lowest BCUT2D eigenvalue weighted by molar-refractivity contribution is -0.143. The number of methoxy groups -OCH3 is 1. The highest BCUT2D eigenvalue weighted by Crippen LogP contribution is 2.47. The standard InChI is InChI=1S/C20H21NO4S/c1-25-20(24)21(17(19(22)23)11-12-26-2)18-15-9-5-3-7-13(15)14-8-4-6-10-16(14)18/h3-10,17-18H,11-12H2,1-2H3,(H,22,23)/t17-/m0/s1. The molecule has 1 N–H and O–H groups in total. The molecule has 2 aromatic rings. The number of fused-ring (bicyclic) bond motifs is 3. The van der Waals surface area contributed by atoms with Crippen molar-refractivity contribution in [3.8, 4) is 11.1 Å². The van der Waals surface area contributed by atoms with Crippen molar-refractivity contribution in [1.82, 2.24) is 4.90 Å². The molecule has 0 heterocycles. The largest absolute Gasteiger partial charge is 0.480 e. The summed E-state index contributed by atoms with van der Waals surface area (Å²) in [5, 5.41) is 9.81. The van der Waals surface area contributed by atoms with E-state index in [9.17, 15) is 14.7 Å². The van der Waals surface area contributed by atoms with Gasteiger partial charge in [-0.3, -0.25) is 4.90 Å². The number of nitrogens with zero attached hydrogens (tertiary/aromatic N) is 1. The van der Waals surface area contributed by atoms with Crippen molar-refractivity contribution in [2.24, 2.45) is 0 Å². The number of thioether (sulfide) groups is 1. The van der Waals surface area contributed by atoms with Crippen LogP contribution in [-0.2, 0) is 9.53 Å². The molecule has 1 aliphatic carbocycles. The van der Waals surface area contributed by atoms with Crippen molar-refractivity contribution in [1.29, 1.82) is 0 Å². The first-order chi connectivity index (χ1) is 12.6. The topological polar surface area (TPSA) is 66.8 Å². The molecule has 26 heavy (non-hydrogen) atoms. The fourth-order valence-corrected chi connectivity index (χ4v) is 4.02. The van der Waals surface area contributed by atoms with E-state index in [0.29, 0.717) is 12.2 Å². The molecule has 1 amide bonds. The van der Waals surface area contributed by atoms with Crippen LogP contribution in [0.5, 0.6) is 0 Å². The van der Waals surface area contributed by atoms with Crippen molar-refractivity contribution in [3.63, 3.8) is 0 Å². The van der Waals surface area contributed by atoms with Gasteiger partial charge in [0.1, 0.15) is 6.04 Å². The molecule has 136 valence electrons. The predicted molar refractivity (Wildman–Crippen MR) is 102 cm³/mol. The Morgan fingerprint density at radius 2 is 1.65 bits per heavy atom. The van der Waals surface area contributed by atoms with Crippen molar-refractivity contribution < 1.29 is 19.4 Å². The number of carbonyl (C=O) groups excluding carboxylic acids is 1. The fraction of sp³-hybridized carbons (Fsp3) is 0.300. The maximum atomic E-state index is 12.7. The summed E-state index contributed by atoms with van der Waals surface area (Å²) in [6.45, 7) is 0.